The summed E-state index contributed by atoms with van der Waals surface area (Å²) in [6, 6.07) is 4.86. The number of aryl methyl sites for hydroxylation is 1. The molecule has 1 aromatic carbocycles. The van der Waals surface area contributed by atoms with Gasteiger partial charge in [-0.1, -0.05) is 18.2 Å². The molecule has 0 bridgehead atoms. The molecule has 0 saturated carbocycles. The summed E-state index contributed by atoms with van der Waals surface area (Å²) in [5.74, 6) is -0.0850. The third-order valence-corrected chi connectivity index (χ3v) is 1.94. The van der Waals surface area contributed by atoms with Gasteiger partial charge in [0.25, 0.3) is 5.69 Å². The lowest BCUT2D eigenvalue weighted by Gasteiger charge is -1.98. The van der Waals surface area contributed by atoms with E-state index in [9.17, 15) is 14.9 Å². The number of rotatable bonds is 3. The van der Waals surface area contributed by atoms with Gasteiger partial charge in [0, 0.05) is 11.6 Å². The van der Waals surface area contributed by atoms with Gasteiger partial charge < -0.3 is 0 Å². The predicted molar refractivity (Wildman–Crippen MR) is 57.5 cm³/mol. The lowest BCUT2D eigenvalue weighted by atomic mass is 10.1. The highest BCUT2D eigenvalue weighted by molar-refractivity contribution is 5.91. The number of ketones is 1. The van der Waals surface area contributed by atoms with Crippen LogP contribution in [0.25, 0.3) is 6.08 Å². The topological polar surface area (TPSA) is 60.2 Å². The molecule has 0 saturated heterocycles. The van der Waals surface area contributed by atoms with E-state index in [1.807, 2.05) is 0 Å². The van der Waals surface area contributed by atoms with Crippen molar-refractivity contribution in [1.82, 2.24) is 0 Å². The van der Waals surface area contributed by atoms with Gasteiger partial charge in [-0.3, -0.25) is 14.9 Å². The van der Waals surface area contributed by atoms with Crippen molar-refractivity contribution in [2.24, 2.45) is 0 Å². The van der Waals surface area contributed by atoms with Gasteiger partial charge in [-0.2, -0.15) is 0 Å². The first-order valence-electron chi connectivity index (χ1n) is 4.44. The number of hydrogen-bond acceptors (Lipinski definition) is 3. The van der Waals surface area contributed by atoms with E-state index in [1.165, 1.54) is 19.1 Å². The summed E-state index contributed by atoms with van der Waals surface area (Å²) in [7, 11) is 0. The van der Waals surface area contributed by atoms with E-state index >= 15 is 0 Å². The van der Waals surface area contributed by atoms with Gasteiger partial charge in [0.15, 0.2) is 5.78 Å². The Balaban J connectivity index is 3.08. The van der Waals surface area contributed by atoms with Crippen molar-refractivity contribution in [3.05, 3.63) is 45.5 Å². The van der Waals surface area contributed by atoms with E-state index in [-0.39, 0.29) is 11.5 Å². The Morgan fingerprint density at radius 2 is 2.13 bits per heavy atom. The van der Waals surface area contributed by atoms with Crippen LogP contribution in [0.3, 0.4) is 0 Å². The van der Waals surface area contributed by atoms with Crippen LogP contribution in [0.2, 0.25) is 0 Å². The average Bonchev–Trinajstić information content (AvgIpc) is 2.16. The fourth-order valence-electron chi connectivity index (χ4n) is 1.14. The molecule has 0 aliphatic rings. The van der Waals surface area contributed by atoms with Crippen molar-refractivity contribution in [1.29, 1.82) is 0 Å². The van der Waals surface area contributed by atoms with Gasteiger partial charge in [0.05, 0.1) is 4.92 Å². The van der Waals surface area contributed by atoms with Gasteiger partial charge in [-0.15, -0.1) is 0 Å². The van der Waals surface area contributed by atoms with Gasteiger partial charge in [0.1, 0.15) is 0 Å². The highest BCUT2D eigenvalue weighted by Crippen LogP contribution is 2.19. The van der Waals surface area contributed by atoms with Crippen molar-refractivity contribution in [3.63, 3.8) is 0 Å². The minimum atomic E-state index is -0.430. The minimum Gasteiger partial charge on any atom is -0.295 e. The van der Waals surface area contributed by atoms with Crippen molar-refractivity contribution < 1.29 is 9.72 Å². The Morgan fingerprint density at radius 1 is 1.47 bits per heavy atom. The molecule has 0 unspecified atom stereocenters. The van der Waals surface area contributed by atoms with Crippen LogP contribution in [0.4, 0.5) is 5.69 Å². The number of nitrogens with zero attached hydrogens (tertiary/aromatic N) is 1. The molecule has 0 fully saturated rings. The summed E-state index contributed by atoms with van der Waals surface area (Å²) in [5.41, 5.74) is 1.34. The molecule has 0 spiro atoms. The number of nitro benzene ring substituents is 1. The second kappa shape index (κ2) is 4.50. The molecule has 0 aliphatic carbocycles. The molecule has 15 heavy (non-hydrogen) atoms. The number of nitro groups is 1. The summed E-state index contributed by atoms with van der Waals surface area (Å²) in [6.45, 7) is 3.11. The van der Waals surface area contributed by atoms with Crippen LogP contribution in [-0.2, 0) is 4.79 Å². The lowest BCUT2D eigenvalue weighted by Crippen LogP contribution is -1.92. The number of carbonyl (C=O) groups is 1. The molecule has 4 nitrogen and oxygen atoms in total. The zero-order chi connectivity index (χ0) is 11.4. The Kier molecular flexibility index (Phi) is 3.33. The van der Waals surface area contributed by atoms with Gasteiger partial charge in [-0.05, 0) is 25.5 Å². The van der Waals surface area contributed by atoms with Crippen LogP contribution >= 0.6 is 0 Å². The van der Waals surface area contributed by atoms with E-state index in [0.717, 1.165) is 0 Å². The quantitative estimate of drug-likeness (QED) is 0.432. The van der Waals surface area contributed by atoms with Crippen molar-refractivity contribution in [2.45, 2.75) is 13.8 Å². The zero-order valence-electron chi connectivity index (χ0n) is 8.56. The Hall–Kier alpha value is -1.97. The third-order valence-electron chi connectivity index (χ3n) is 1.94. The number of benzene rings is 1. The fourth-order valence-corrected chi connectivity index (χ4v) is 1.14. The van der Waals surface area contributed by atoms with E-state index < -0.39 is 4.92 Å². The predicted octanol–water partition coefficient (Wildman–Crippen LogP) is 2.51. The molecule has 1 rings (SSSR count). The molecular weight excluding hydrogens is 194 g/mol. The molecule has 0 N–H and O–H groups in total. The summed E-state index contributed by atoms with van der Waals surface area (Å²) in [6.07, 6.45) is 2.95. The van der Waals surface area contributed by atoms with Crippen LogP contribution in [-0.4, -0.2) is 10.7 Å². The van der Waals surface area contributed by atoms with Crippen LogP contribution in [0.1, 0.15) is 18.1 Å². The standard InChI is InChI=1S/C11H11NO3/c1-8-3-5-10(6-4-9(2)13)7-11(8)12(14)15/h3-7H,1-2H3/b6-4-. The molecule has 0 heterocycles. The smallest absolute Gasteiger partial charge is 0.272 e. The van der Waals surface area contributed by atoms with E-state index in [2.05, 4.69) is 0 Å². The first-order valence-corrected chi connectivity index (χ1v) is 4.44. The molecule has 0 atom stereocenters. The summed E-state index contributed by atoms with van der Waals surface area (Å²) in [5, 5.41) is 10.6. The van der Waals surface area contributed by atoms with Crippen molar-refractivity contribution >= 4 is 17.5 Å². The van der Waals surface area contributed by atoms with Crippen LogP contribution in [0.5, 0.6) is 0 Å². The molecule has 0 amide bonds. The number of carbonyl (C=O) groups excluding carboxylic acids is 1. The number of hydrogen-bond donors (Lipinski definition) is 0. The van der Waals surface area contributed by atoms with Crippen LogP contribution in [0, 0.1) is 17.0 Å². The monoisotopic (exact) mass is 205 g/mol. The van der Waals surface area contributed by atoms with Gasteiger partial charge >= 0.3 is 0 Å². The first-order chi connectivity index (χ1) is 7.00. The van der Waals surface area contributed by atoms with E-state index in [0.29, 0.717) is 11.1 Å². The maximum atomic E-state index is 10.7. The fraction of sp³-hybridized carbons (Fsp3) is 0.182. The summed E-state index contributed by atoms with van der Waals surface area (Å²) < 4.78 is 0. The average molecular weight is 205 g/mol. The molecule has 1 aromatic rings. The molecule has 78 valence electrons. The highest BCUT2D eigenvalue weighted by Gasteiger charge is 2.09. The SMILES string of the molecule is CC(=O)/C=C\c1ccc(C)c([N+](=O)[O-])c1. The minimum absolute atomic E-state index is 0.0701. The second-order valence-corrected chi connectivity index (χ2v) is 3.25. The third kappa shape index (κ3) is 3.02. The normalized spacial score (nSPS) is 10.5. The number of allylic oxidation sites excluding steroid dienone is 1. The first kappa shape index (κ1) is 11.1. The maximum Gasteiger partial charge on any atom is 0.272 e. The van der Waals surface area contributed by atoms with Gasteiger partial charge in [-0.25, -0.2) is 0 Å². The summed E-state index contributed by atoms with van der Waals surface area (Å²) >= 11 is 0. The molecule has 0 aromatic heterocycles. The van der Waals surface area contributed by atoms with Crippen LogP contribution in [0.15, 0.2) is 24.3 Å². The molecule has 0 radical (unpaired) electrons. The Labute approximate surface area is 87.4 Å². The van der Waals surface area contributed by atoms with E-state index in [1.54, 1.807) is 25.1 Å². The van der Waals surface area contributed by atoms with E-state index in [4.69, 9.17) is 0 Å². The van der Waals surface area contributed by atoms with Crippen LogP contribution < -0.4 is 0 Å². The summed E-state index contributed by atoms with van der Waals surface area (Å²) in [4.78, 5) is 20.9. The Morgan fingerprint density at radius 3 is 2.67 bits per heavy atom. The highest BCUT2D eigenvalue weighted by atomic mass is 16.6. The lowest BCUT2D eigenvalue weighted by molar-refractivity contribution is -0.385. The second-order valence-electron chi connectivity index (χ2n) is 3.25. The van der Waals surface area contributed by atoms with Crippen molar-refractivity contribution in [2.75, 3.05) is 0 Å². The molecule has 4 heteroatoms. The van der Waals surface area contributed by atoms with Crippen molar-refractivity contribution in [3.8, 4) is 0 Å². The molecular formula is C11H11NO3. The molecule has 0 aliphatic heterocycles. The van der Waals surface area contributed by atoms with Gasteiger partial charge in [0.2, 0.25) is 0 Å². The zero-order valence-corrected chi connectivity index (χ0v) is 8.56. The maximum absolute atomic E-state index is 10.7. The Bertz CT molecular complexity index is 435. The largest absolute Gasteiger partial charge is 0.295 e.